The second-order valence-electron chi connectivity index (χ2n) is 8.12. The summed E-state index contributed by atoms with van der Waals surface area (Å²) in [5.41, 5.74) is 3.03. The van der Waals surface area contributed by atoms with Gasteiger partial charge in [-0.25, -0.2) is 0 Å². The van der Waals surface area contributed by atoms with Gasteiger partial charge >= 0.3 is 0 Å². The first-order valence-corrected chi connectivity index (χ1v) is 11.0. The van der Waals surface area contributed by atoms with Crippen LogP contribution >= 0.6 is 0 Å². The second-order valence-corrected chi connectivity index (χ2v) is 8.12. The van der Waals surface area contributed by atoms with Crippen LogP contribution in [0.25, 0.3) is 16.7 Å². The van der Waals surface area contributed by atoms with Crippen LogP contribution in [0.5, 0.6) is 0 Å². The third kappa shape index (κ3) is 5.13. The van der Waals surface area contributed by atoms with Crippen LogP contribution in [-0.2, 0) is 6.42 Å². The smallest absolute Gasteiger partial charge is 0.277 e. The van der Waals surface area contributed by atoms with Gasteiger partial charge in [-0.3, -0.25) is 25.0 Å². The molecule has 1 amide bonds. The Bertz CT molecular complexity index is 1410. The number of non-ortho nitro benzene ring substituents is 2. The molecule has 4 rings (SSSR count). The predicted octanol–water partition coefficient (Wildman–Crippen LogP) is 5.14. The molecule has 0 spiro atoms. The molecule has 1 aromatic heterocycles. The highest BCUT2D eigenvalue weighted by Crippen LogP contribution is 2.26. The Morgan fingerprint density at radius 1 is 0.943 bits per heavy atom. The molecule has 0 aliphatic rings. The van der Waals surface area contributed by atoms with Gasteiger partial charge in [0.15, 0.2) is 0 Å². The van der Waals surface area contributed by atoms with Gasteiger partial charge in [0.25, 0.3) is 17.3 Å². The predicted molar refractivity (Wildman–Crippen MR) is 130 cm³/mol. The Hall–Kier alpha value is -4.67. The van der Waals surface area contributed by atoms with E-state index < -0.39 is 27.1 Å². The number of hydrogen-bond acceptors (Lipinski definition) is 7. The maximum atomic E-state index is 12.8. The van der Waals surface area contributed by atoms with Crippen LogP contribution in [0.2, 0.25) is 0 Å². The van der Waals surface area contributed by atoms with Crippen molar-refractivity contribution in [2.45, 2.75) is 33.1 Å². The first kappa shape index (κ1) is 23.5. The number of hydrogen-bond donors (Lipinski definition) is 1. The third-order valence-corrected chi connectivity index (χ3v) is 5.55. The molecule has 0 saturated carbocycles. The lowest BCUT2D eigenvalue weighted by atomic mass is 10.1. The molecular weight excluding hydrogens is 452 g/mol. The second kappa shape index (κ2) is 9.67. The zero-order valence-corrected chi connectivity index (χ0v) is 19.1. The van der Waals surface area contributed by atoms with Gasteiger partial charge in [0.05, 0.1) is 27.2 Å². The summed E-state index contributed by atoms with van der Waals surface area (Å²) in [6.45, 7) is 3.92. The molecule has 1 heterocycles. The molecule has 11 nitrogen and oxygen atoms in total. The van der Waals surface area contributed by atoms with Crippen molar-refractivity contribution in [2.24, 2.45) is 0 Å². The van der Waals surface area contributed by atoms with E-state index in [1.165, 1.54) is 10.4 Å². The van der Waals surface area contributed by atoms with Crippen molar-refractivity contribution in [2.75, 3.05) is 5.32 Å². The van der Waals surface area contributed by atoms with Crippen molar-refractivity contribution in [3.63, 3.8) is 0 Å². The van der Waals surface area contributed by atoms with E-state index >= 15 is 0 Å². The maximum Gasteiger partial charge on any atom is 0.277 e. The number of nitro benzene ring substituents is 2. The molecule has 0 bridgehead atoms. The Labute approximate surface area is 199 Å². The van der Waals surface area contributed by atoms with Gasteiger partial charge in [0.1, 0.15) is 11.0 Å². The zero-order chi connectivity index (χ0) is 25.1. The largest absolute Gasteiger partial charge is 0.322 e. The summed E-state index contributed by atoms with van der Waals surface area (Å²) in [4.78, 5) is 35.0. The lowest BCUT2D eigenvalue weighted by molar-refractivity contribution is -0.394. The molecule has 4 aromatic rings. The molecule has 3 aromatic carbocycles. The van der Waals surface area contributed by atoms with E-state index in [2.05, 4.69) is 22.4 Å². The summed E-state index contributed by atoms with van der Waals surface area (Å²) in [6.07, 6.45) is 3.27. The highest BCUT2D eigenvalue weighted by Gasteiger charge is 2.20. The highest BCUT2D eigenvalue weighted by atomic mass is 16.6. The topological polar surface area (TPSA) is 146 Å². The van der Waals surface area contributed by atoms with Crippen LogP contribution in [0, 0.1) is 27.2 Å². The number of unbranched alkanes of at least 4 members (excludes halogenated alkanes) is 1. The van der Waals surface area contributed by atoms with Crippen LogP contribution in [0.1, 0.15) is 41.3 Å². The fourth-order valence-electron chi connectivity index (χ4n) is 3.63. The van der Waals surface area contributed by atoms with E-state index in [1.807, 2.05) is 24.3 Å². The van der Waals surface area contributed by atoms with Crippen LogP contribution < -0.4 is 5.32 Å². The lowest BCUT2D eigenvalue weighted by Gasteiger charge is -2.08. The molecular formula is C24H22N6O5. The molecule has 0 aliphatic carbocycles. The average molecular weight is 474 g/mol. The molecule has 178 valence electrons. The summed E-state index contributed by atoms with van der Waals surface area (Å²) >= 11 is 0. The highest BCUT2D eigenvalue weighted by molar-refractivity contribution is 6.06. The summed E-state index contributed by atoms with van der Waals surface area (Å²) in [5, 5.41) is 33.9. The lowest BCUT2D eigenvalue weighted by Crippen LogP contribution is -2.13. The van der Waals surface area contributed by atoms with Gasteiger partial charge in [-0.2, -0.15) is 4.80 Å². The zero-order valence-electron chi connectivity index (χ0n) is 19.1. The SMILES string of the molecule is CCCCc1ccc(-n2nc3cc(C)c(NC(=O)c4cc([N+](=O)[O-])cc([N+](=O)[O-])c4)cc3n2)cc1. The van der Waals surface area contributed by atoms with E-state index in [-0.39, 0.29) is 5.56 Å². The quantitative estimate of drug-likeness (QED) is 0.275. The van der Waals surface area contributed by atoms with Gasteiger partial charge in [-0.05, 0) is 55.2 Å². The number of nitrogens with zero attached hydrogens (tertiary/aromatic N) is 5. The van der Waals surface area contributed by atoms with E-state index in [0.29, 0.717) is 22.3 Å². The molecule has 0 radical (unpaired) electrons. The van der Waals surface area contributed by atoms with Crippen molar-refractivity contribution in [3.8, 4) is 5.69 Å². The molecule has 0 saturated heterocycles. The van der Waals surface area contributed by atoms with Crippen molar-refractivity contribution in [3.05, 3.63) is 91.5 Å². The van der Waals surface area contributed by atoms with Gasteiger partial charge in [0, 0.05) is 17.8 Å². The van der Waals surface area contributed by atoms with E-state index in [0.717, 1.165) is 43.1 Å². The normalized spacial score (nSPS) is 10.9. The Kier molecular flexibility index (Phi) is 6.49. The Balaban J connectivity index is 1.61. The number of nitro groups is 2. The molecule has 11 heteroatoms. The summed E-state index contributed by atoms with van der Waals surface area (Å²) < 4.78 is 0. The number of anilines is 1. The third-order valence-electron chi connectivity index (χ3n) is 5.55. The van der Waals surface area contributed by atoms with Crippen molar-refractivity contribution in [1.29, 1.82) is 0 Å². The van der Waals surface area contributed by atoms with Gasteiger partial charge in [-0.1, -0.05) is 25.5 Å². The average Bonchev–Trinajstić information content (AvgIpc) is 3.25. The number of amides is 1. The minimum atomic E-state index is -0.782. The van der Waals surface area contributed by atoms with Crippen LogP contribution in [0.4, 0.5) is 17.1 Å². The Morgan fingerprint density at radius 3 is 2.11 bits per heavy atom. The van der Waals surface area contributed by atoms with Gasteiger partial charge in [-0.15, -0.1) is 10.2 Å². The summed E-state index contributed by atoms with van der Waals surface area (Å²) in [6, 6.07) is 14.2. The number of fused-ring (bicyclic) bond motifs is 1. The van der Waals surface area contributed by atoms with Crippen LogP contribution in [0.15, 0.2) is 54.6 Å². The van der Waals surface area contributed by atoms with Crippen molar-refractivity contribution >= 4 is 34.0 Å². The van der Waals surface area contributed by atoms with E-state index in [1.54, 1.807) is 19.1 Å². The fraction of sp³-hybridized carbons (Fsp3) is 0.208. The van der Waals surface area contributed by atoms with Gasteiger partial charge in [0.2, 0.25) is 0 Å². The molecule has 0 aliphatic heterocycles. The molecule has 0 unspecified atom stereocenters. The Morgan fingerprint density at radius 2 is 1.54 bits per heavy atom. The fourth-order valence-corrected chi connectivity index (χ4v) is 3.63. The standard InChI is InChI=1S/C24H22N6O5/c1-3-4-5-16-6-8-18(9-7-16)28-26-22-10-15(2)21(14-23(22)27-28)25-24(31)17-11-19(29(32)33)13-20(12-17)30(34)35/h6-14H,3-5H2,1-2H3,(H,25,31). The van der Waals surface area contributed by atoms with Crippen molar-refractivity contribution < 1.29 is 14.6 Å². The first-order valence-electron chi connectivity index (χ1n) is 11.0. The van der Waals surface area contributed by atoms with Gasteiger partial charge < -0.3 is 5.32 Å². The first-order chi connectivity index (χ1) is 16.7. The number of carbonyl (C=O) groups is 1. The monoisotopic (exact) mass is 474 g/mol. The number of aromatic nitrogens is 3. The number of rotatable bonds is 8. The minimum absolute atomic E-state index is 0.197. The van der Waals surface area contributed by atoms with Crippen molar-refractivity contribution in [1.82, 2.24) is 15.0 Å². The molecule has 35 heavy (non-hydrogen) atoms. The van der Waals surface area contributed by atoms with E-state index in [9.17, 15) is 25.0 Å². The number of benzene rings is 3. The minimum Gasteiger partial charge on any atom is -0.322 e. The van der Waals surface area contributed by atoms with E-state index in [4.69, 9.17) is 0 Å². The number of nitrogens with one attached hydrogen (secondary N) is 1. The molecule has 0 fully saturated rings. The molecule has 0 atom stereocenters. The maximum absolute atomic E-state index is 12.8. The number of carbonyl (C=O) groups excluding carboxylic acids is 1. The molecule has 1 N–H and O–H groups in total. The number of aryl methyl sites for hydroxylation is 2. The summed E-state index contributed by atoms with van der Waals surface area (Å²) in [5.74, 6) is -0.714. The van der Waals surface area contributed by atoms with Crippen LogP contribution in [0.3, 0.4) is 0 Å². The summed E-state index contributed by atoms with van der Waals surface area (Å²) in [7, 11) is 0. The van der Waals surface area contributed by atoms with Crippen LogP contribution in [-0.4, -0.2) is 30.7 Å².